The maximum absolute atomic E-state index is 12.9. The van der Waals surface area contributed by atoms with Crippen LogP contribution in [0.15, 0.2) is 0 Å². The molecule has 4 aliphatic carbocycles. The molecule has 4 saturated carbocycles. The molecule has 1 unspecified atom stereocenters. The van der Waals surface area contributed by atoms with Crippen molar-refractivity contribution in [3.8, 4) is 0 Å². The first kappa shape index (κ1) is 24.3. The molecule has 5 rings (SSSR count). The van der Waals surface area contributed by atoms with Crippen LogP contribution in [0.25, 0.3) is 0 Å². The summed E-state index contributed by atoms with van der Waals surface area (Å²) in [5, 5.41) is 10.6. The van der Waals surface area contributed by atoms with Crippen LogP contribution in [0.2, 0.25) is 0 Å². The molecule has 3 nitrogen and oxygen atoms in total. The van der Waals surface area contributed by atoms with Crippen molar-refractivity contribution in [2.24, 2.45) is 45.3 Å². The van der Waals surface area contributed by atoms with E-state index in [0.717, 1.165) is 31.6 Å². The number of Topliss-reactive ketones (excluding diaryl/α,β-unsaturated/α-hetero) is 1. The number of ether oxygens (including phenoxy) is 1. The second kappa shape index (κ2) is 7.09. The van der Waals surface area contributed by atoms with Crippen LogP contribution in [0.4, 0.5) is 0 Å². The Kier molecular flexibility index (Phi) is 5.22. The van der Waals surface area contributed by atoms with Crippen molar-refractivity contribution in [1.82, 2.24) is 0 Å². The van der Waals surface area contributed by atoms with Crippen LogP contribution in [-0.4, -0.2) is 28.2 Å². The summed E-state index contributed by atoms with van der Waals surface area (Å²) in [5.74, 6) is 3.06. The molecule has 1 N–H and O–H groups in total. The maximum Gasteiger partial charge on any atom is 0.138 e. The van der Waals surface area contributed by atoms with Crippen molar-refractivity contribution < 1.29 is 14.6 Å². The van der Waals surface area contributed by atoms with Crippen molar-refractivity contribution >= 4 is 5.78 Å². The van der Waals surface area contributed by atoms with Gasteiger partial charge in [0.25, 0.3) is 0 Å². The number of carbonyl (C=O) groups is 1. The van der Waals surface area contributed by atoms with E-state index >= 15 is 0 Å². The van der Waals surface area contributed by atoms with Crippen molar-refractivity contribution in [1.29, 1.82) is 0 Å². The van der Waals surface area contributed by atoms with Gasteiger partial charge < -0.3 is 9.84 Å². The molecule has 0 aromatic heterocycles. The minimum absolute atomic E-state index is 0.0439. The molecule has 0 aromatic rings. The number of fused-ring (bicyclic) bond motifs is 5. The molecule has 3 heteroatoms. The average molecular weight is 459 g/mol. The van der Waals surface area contributed by atoms with E-state index in [1.807, 2.05) is 13.8 Å². The minimum atomic E-state index is -0.762. The Labute approximate surface area is 202 Å². The standard InChI is InChI=1S/C30H50O3/c1-25(2)21-12-17-29(7)22(27(21,5)15-13-23(25)31)10-9-19-20(11-16-28(19,29)6)30(8)18-14-24(33-30)26(3,4)32/h19-22,24,32H,9-18H2,1-8H3/t19-,20+,21+,22-,24?,27+,28-,29-,30+/m1/s1. The lowest BCUT2D eigenvalue weighted by molar-refractivity contribution is -0.210. The molecule has 5 fully saturated rings. The molecule has 0 amide bonds. The lowest BCUT2D eigenvalue weighted by Crippen LogP contribution is -2.63. The highest BCUT2D eigenvalue weighted by atomic mass is 16.5. The fourth-order valence-electron chi connectivity index (χ4n) is 10.9. The van der Waals surface area contributed by atoms with E-state index in [4.69, 9.17) is 4.74 Å². The first-order chi connectivity index (χ1) is 15.1. The Morgan fingerprint density at radius 2 is 1.45 bits per heavy atom. The number of hydrogen-bond donors (Lipinski definition) is 1. The summed E-state index contributed by atoms with van der Waals surface area (Å²) in [6.45, 7) is 18.5. The molecule has 0 spiro atoms. The molecular formula is C30H50O3. The smallest absolute Gasteiger partial charge is 0.138 e. The van der Waals surface area contributed by atoms with Gasteiger partial charge >= 0.3 is 0 Å². The van der Waals surface area contributed by atoms with Gasteiger partial charge in [-0.1, -0.05) is 34.6 Å². The third-order valence-corrected chi connectivity index (χ3v) is 13.0. The summed E-state index contributed by atoms with van der Waals surface area (Å²) < 4.78 is 6.72. The molecule has 9 atom stereocenters. The zero-order valence-corrected chi connectivity index (χ0v) is 22.7. The first-order valence-corrected chi connectivity index (χ1v) is 14.0. The second-order valence-corrected chi connectivity index (χ2v) is 15.1. The molecule has 0 aromatic carbocycles. The predicted octanol–water partition coefficient (Wildman–Crippen LogP) is 6.95. The van der Waals surface area contributed by atoms with E-state index in [2.05, 4.69) is 41.5 Å². The summed E-state index contributed by atoms with van der Waals surface area (Å²) in [6.07, 6.45) is 11.6. The minimum Gasteiger partial charge on any atom is -0.388 e. The van der Waals surface area contributed by atoms with Gasteiger partial charge in [0.05, 0.1) is 17.3 Å². The number of carbonyl (C=O) groups excluding carboxylic acids is 1. The Bertz CT molecular complexity index is 825. The Morgan fingerprint density at radius 3 is 2.09 bits per heavy atom. The van der Waals surface area contributed by atoms with Crippen LogP contribution in [0, 0.1) is 45.3 Å². The summed E-state index contributed by atoms with van der Waals surface area (Å²) in [4.78, 5) is 12.9. The Morgan fingerprint density at radius 1 is 0.788 bits per heavy atom. The quantitative estimate of drug-likeness (QED) is 0.487. The van der Waals surface area contributed by atoms with Crippen LogP contribution >= 0.6 is 0 Å². The van der Waals surface area contributed by atoms with Crippen LogP contribution in [0.3, 0.4) is 0 Å². The van der Waals surface area contributed by atoms with E-state index in [1.165, 1.54) is 38.5 Å². The number of rotatable bonds is 2. The summed E-state index contributed by atoms with van der Waals surface area (Å²) in [6, 6.07) is 0. The first-order valence-electron chi connectivity index (χ1n) is 14.0. The maximum atomic E-state index is 12.9. The van der Waals surface area contributed by atoms with Crippen molar-refractivity contribution in [2.45, 2.75) is 137 Å². The molecule has 1 aliphatic heterocycles. The van der Waals surface area contributed by atoms with Gasteiger partial charge in [-0.25, -0.2) is 0 Å². The predicted molar refractivity (Wildman–Crippen MR) is 133 cm³/mol. The monoisotopic (exact) mass is 458 g/mol. The zero-order chi connectivity index (χ0) is 24.2. The Hall–Kier alpha value is -0.410. The van der Waals surface area contributed by atoms with Gasteiger partial charge in [0.1, 0.15) is 5.78 Å². The van der Waals surface area contributed by atoms with Gasteiger partial charge in [-0.2, -0.15) is 0 Å². The molecule has 188 valence electrons. The highest BCUT2D eigenvalue weighted by molar-refractivity contribution is 5.85. The SMILES string of the molecule is CC(C)(O)C1CC[C@@](C)([C@H]2CC[C@]3(C)[C@@H]2CC[C@@H]2[C@@]4(C)CCC(=O)C(C)(C)[C@@H]4CC[C@]23C)O1. The van der Waals surface area contributed by atoms with Gasteiger partial charge in [-0.3, -0.25) is 4.79 Å². The second-order valence-electron chi connectivity index (χ2n) is 15.1. The van der Waals surface area contributed by atoms with Crippen molar-refractivity contribution in [3.63, 3.8) is 0 Å². The van der Waals surface area contributed by atoms with Gasteiger partial charge in [-0.05, 0) is 118 Å². The molecule has 0 bridgehead atoms. The molecule has 0 radical (unpaired) electrons. The number of ketones is 1. The molecule has 5 aliphatic rings. The fraction of sp³-hybridized carbons (Fsp3) is 0.967. The fourth-order valence-corrected chi connectivity index (χ4v) is 10.9. The van der Waals surface area contributed by atoms with Gasteiger partial charge in [0.15, 0.2) is 0 Å². The highest BCUT2D eigenvalue weighted by Crippen LogP contribution is 2.75. The van der Waals surface area contributed by atoms with E-state index in [0.29, 0.717) is 34.4 Å². The summed E-state index contributed by atoms with van der Waals surface area (Å²) >= 11 is 0. The third-order valence-electron chi connectivity index (χ3n) is 13.0. The molecule has 1 heterocycles. The van der Waals surface area contributed by atoms with Crippen LogP contribution in [-0.2, 0) is 9.53 Å². The highest BCUT2D eigenvalue weighted by Gasteiger charge is 2.70. The van der Waals surface area contributed by atoms with Crippen molar-refractivity contribution in [2.75, 3.05) is 0 Å². The lowest BCUT2D eigenvalue weighted by Gasteiger charge is -2.69. The van der Waals surface area contributed by atoms with Gasteiger partial charge in [0, 0.05) is 11.8 Å². The number of hydrogen-bond acceptors (Lipinski definition) is 3. The van der Waals surface area contributed by atoms with Gasteiger partial charge in [0.2, 0.25) is 0 Å². The summed E-state index contributed by atoms with van der Waals surface area (Å²) in [7, 11) is 0. The van der Waals surface area contributed by atoms with E-state index in [9.17, 15) is 9.90 Å². The van der Waals surface area contributed by atoms with Crippen molar-refractivity contribution in [3.05, 3.63) is 0 Å². The van der Waals surface area contributed by atoms with E-state index in [-0.39, 0.29) is 22.5 Å². The molecule has 1 saturated heterocycles. The topological polar surface area (TPSA) is 46.5 Å². The molecule has 33 heavy (non-hydrogen) atoms. The average Bonchev–Trinajstić information content (AvgIpc) is 3.27. The largest absolute Gasteiger partial charge is 0.388 e. The zero-order valence-electron chi connectivity index (χ0n) is 22.7. The van der Waals surface area contributed by atoms with E-state index in [1.54, 1.807) is 0 Å². The van der Waals surface area contributed by atoms with Crippen LogP contribution in [0.1, 0.15) is 120 Å². The molecular weight excluding hydrogens is 408 g/mol. The lowest BCUT2D eigenvalue weighted by atomic mass is 9.35. The Balaban J connectivity index is 1.45. The normalized spacial score (nSPS) is 54.0. The van der Waals surface area contributed by atoms with Crippen LogP contribution < -0.4 is 0 Å². The third kappa shape index (κ3) is 3.09. The van der Waals surface area contributed by atoms with E-state index < -0.39 is 5.60 Å². The summed E-state index contributed by atoms with van der Waals surface area (Å²) in [5.41, 5.74) is -0.0493. The van der Waals surface area contributed by atoms with Crippen LogP contribution in [0.5, 0.6) is 0 Å². The number of aliphatic hydroxyl groups is 1. The van der Waals surface area contributed by atoms with Gasteiger partial charge in [-0.15, -0.1) is 0 Å².